The second-order valence-corrected chi connectivity index (χ2v) is 6.10. The van der Waals surface area contributed by atoms with Crippen LogP contribution in [0.3, 0.4) is 0 Å². The first-order valence-corrected chi connectivity index (χ1v) is 7.28. The molecule has 19 heavy (non-hydrogen) atoms. The quantitative estimate of drug-likeness (QED) is 0.786. The van der Waals surface area contributed by atoms with Gasteiger partial charge in [0, 0.05) is 17.0 Å². The fourth-order valence-corrected chi connectivity index (χ4v) is 3.61. The van der Waals surface area contributed by atoms with Gasteiger partial charge < -0.3 is 5.11 Å². The van der Waals surface area contributed by atoms with E-state index < -0.39 is 5.97 Å². The van der Waals surface area contributed by atoms with Gasteiger partial charge in [-0.05, 0) is 11.4 Å². The number of aromatic carboxylic acids is 1. The molecular formula is C14H9NO2S2. The molecule has 0 aliphatic carbocycles. The van der Waals surface area contributed by atoms with Gasteiger partial charge in [-0.3, -0.25) is 0 Å². The molecule has 0 fully saturated rings. The summed E-state index contributed by atoms with van der Waals surface area (Å²) in [5, 5.41) is 13.6. The summed E-state index contributed by atoms with van der Waals surface area (Å²) in [5.41, 5.74) is 0.242. The van der Waals surface area contributed by atoms with Gasteiger partial charge in [-0.25, -0.2) is 9.78 Å². The number of fused-ring (bicyclic) bond motifs is 1. The number of carbonyl (C=O) groups is 1. The lowest BCUT2D eigenvalue weighted by Crippen LogP contribution is -1.99. The summed E-state index contributed by atoms with van der Waals surface area (Å²) < 4.78 is 1.14. The van der Waals surface area contributed by atoms with E-state index in [1.54, 1.807) is 23.1 Å². The van der Waals surface area contributed by atoms with Crippen molar-refractivity contribution >= 4 is 39.8 Å². The molecule has 1 aromatic carbocycles. The van der Waals surface area contributed by atoms with Crippen LogP contribution in [0.25, 0.3) is 10.8 Å². The molecule has 0 saturated carbocycles. The SMILES string of the molecule is O=C(O)c1cnc(Sc2cccs2)c2ccccc12. The van der Waals surface area contributed by atoms with Gasteiger partial charge >= 0.3 is 5.97 Å². The first-order valence-electron chi connectivity index (χ1n) is 5.58. The van der Waals surface area contributed by atoms with Gasteiger partial charge in [0.15, 0.2) is 0 Å². The predicted octanol–water partition coefficient (Wildman–Crippen LogP) is 4.15. The Labute approximate surface area is 117 Å². The monoisotopic (exact) mass is 287 g/mol. The highest BCUT2D eigenvalue weighted by molar-refractivity contribution is 8.01. The van der Waals surface area contributed by atoms with Crippen molar-refractivity contribution in [1.29, 1.82) is 0 Å². The van der Waals surface area contributed by atoms with Crippen LogP contribution in [-0.2, 0) is 0 Å². The van der Waals surface area contributed by atoms with Crippen molar-refractivity contribution in [2.24, 2.45) is 0 Å². The summed E-state index contributed by atoms with van der Waals surface area (Å²) in [6.07, 6.45) is 1.43. The predicted molar refractivity (Wildman–Crippen MR) is 77.1 cm³/mol. The summed E-state index contributed by atoms with van der Waals surface area (Å²) in [5.74, 6) is -0.948. The number of hydrogen-bond donors (Lipinski definition) is 1. The van der Waals surface area contributed by atoms with Crippen molar-refractivity contribution in [3.8, 4) is 0 Å². The van der Waals surface area contributed by atoms with Crippen molar-refractivity contribution < 1.29 is 9.90 Å². The molecule has 0 aliphatic heterocycles. The number of aromatic nitrogens is 1. The molecule has 0 bridgehead atoms. The molecule has 0 atom stereocenters. The summed E-state index contributed by atoms with van der Waals surface area (Å²) in [6, 6.07) is 11.5. The van der Waals surface area contributed by atoms with Crippen LogP contribution in [-0.4, -0.2) is 16.1 Å². The Balaban J connectivity index is 2.16. The van der Waals surface area contributed by atoms with E-state index in [9.17, 15) is 9.90 Å². The molecule has 0 saturated heterocycles. The highest BCUT2D eigenvalue weighted by Gasteiger charge is 2.13. The Morgan fingerprint density at radius 2 is 1.95 bits per heavy atom. The van der Waals surface area contributed by atoms with Gasteiger partial charge in [0.2, 0.25) is 0 Å². The highest BCUT2D eigenvalue weighted by atomic mass is 32.2. The minimum Gasteiger partial charge on any atom is -0.478 e. The first kappa shape index (κ1) is 12.2. The molecule has 94 valence electrons. The van der Waals surface area contributed by atoms with E-state index in [0.29, 0.717) is 0 Å². The molecule has 2 heterocycles. The maximum absolute atomic E-state index is 11.2. The summed E-state index contributed by atoms with van der Waals surface area (Å²) >= 11 is 3.20. The van der Waals surface area contributed by atoms with Crippen LogP contribution in [0, 0.1) is 0 Å². The van der Waals surface area contributed by atoms with Crippen LogP contribution in [0.4, 0.5) is 0 Å². The van der Waals surface area contributed by atoms with E-state index in [0.717, 1.165) is 20.0 Å². The fraction of sp³-hybridized carbons (Fsp3) is 0. The number of thiophene rings is 1. The smallest absolute Gasteiger partial charge is 0.337 e. The van der Waals surface area contributed by atoms with Crippen molar-refractivity contribution in [3.05, 3.63) is 53.5 Å². The minimum absolute atomic E-state index is 0.242. The van der Waals surface area contributed by atoms with Crippen LogP contribution in [0.2, 0.25) is 0 Å². The van der Waals surface area contributed by atoms with Crippen LogP contribution in [0.15, 0.2) is 57.2 Å². The lowest BCUT2D eigenvalue weighted by atomic mass is 10.1. The second kappa shape index (κ2) is 5.03. The third-order valence-electron chi connectivity index (χ3n) is 2.68. The number of rotatable bonds is 3. The highest BCUT2D eigenvalue weighted by Crippen LogP contribution is 2.35. The van der Waals surface area contributed by atoms with Crippen LogP contribution >= 0.6 is 23.1 Å². The number of benzene rings is 1. The summed E-state index contributed by atoms with van der Waals surface area (Å²) in [6.45, 7) is 0. The molecule has 0 spiro atoms. The van der Waals surface area contributed by atoms with E-state index >= 15 is 0 Å². The largest absolute Gasteiger partial charge is 0.478 e. The molecule has 0 unspecified atom stereocenters. The van der Waals surface area contributed by atoms with E-state index in [4.69, 9.17) is 0 Å². The second-order valence-electron chi connectivity index (χ2n) is 3.86. The maximum atomic E-state index is 11.2. The Morgan fingerprint density at radius 1 is 1.16 bits per heavy atom. The zero-order valence-electron chi connectivity index (χ0n) is 9.74. The van der Waals surface area contributed by atoms with Crippen LogP contribution in [0.5, 0.6) is 0 Å². The zero-order chi connectivity index (χ0) is 13.2. The lowest BCUT2D eigenvalue weighted by molar-refractivity contribution is 0.0698. The number of carboxylic acids is 1. The summed E-state index contributed by atoms with van der Waals surface area (Å²) in [4.78, 5) is 15.5. The zero-order valence-corrected chi connectivity index (χ0v) is 11.4. The molecule has 2 aromatic heterocycles. The standard InChI is InChI=1S/C14H9NO2S2/c16-14(17)11-8-15-13(19-12-6-3-7-18-12)10-5-2-1-4-9(10)11/h1-8H,(H,16,17). The fourth-order valence-electron chi connectivity index (χ4n) is 1.84. The van der Waals surface area contributed by atoms with Crippen molar-refractivity contribution in [2.75, 3.05) is 0 Å². The number of pyridine rings is 1. The Bertz CT molecular complexity index is 738. The normalized spacial score (nSPS) is 10.7. The van der Waals surface area contributed by atoms with Gasteiger partial charge in [-0.2, -0.15) is 0 Å². The van der Waals surface area contributed by atoms with Crippen molar-refractivity contribution in [2.45, 2.75) is 9.24 Å². The van der Waals surface area contributed by atoms with Crippen LogP contribution < -0.4 is 0 Å². The molecular weight excluding hydrogens is 278 g/mol. The molecule has 0 aliphatic rings. The third kappa shape index (κ3) is 2.34. The van der Waals surface area contributed by atoms with E-state index in [-0.39, 0.29) is 5.56 Å². The topological polar surface area (TPSA) is 50.2 Å². The average Bonchev–Trinajstić information content (AvgIpc) is 2.91. The van der Waals surface area contributed by atoms with E-state index in [1.165, 1.54) is 6.20 Å². The number of nitrogens with zero attached hydrogens (tertiary/aromatic N) is 1. The van der Waals surface area contributed by atoms with Gasteiger partial charge in [0.25, 0.3) is 0 Å². The molecule has 1 N–H and O–H groups in total. The molecule has 5 heteroatoms. The van der Waals surface area contributed by atoms with Crippen molar-refractivity contribution in [1.82, 2.24) is 4.98 Å². The summed E-state index contributed by atoms with van der Waals surface area (Å²) in [7, 11) is 0. The van der Waals surface area contributed by atoms with Crippen molar-refractivity contribution in [3.63, 3.8) is 0 Å². The molecule has 0 amide bonds. The van der Waals surface area contributed by atoms with Gasteiger partial charge in [0.1, 0.15) is 5.03 Å². The molecule has 0 radical (unpaired) electrons. The van der Waals surface area contributed by atoms with Crippen LogP contribution in [0.1, 0.15) is 10.4 Å². The molecule has 3 nitrogen and oxygen atoms in total. The lowest BCUT2D eigenvalue weighted by Gasteiger charge is -2.06. The van der Waals surface area contributed by atoms with Gasteiger partial charge in [-0.1, -0.05) is 42.1 Å². The van der Waals surface area contributed by atoms with Gasteiger partial charge in [-0.15, -0.1) is 11.3 Å². The van der Waals surface area contributed by atoms with E-state index in [2.05, 4.69) is 4.98 Å². The first-order chi connectivity index (χ1) is 9.25. The van der Waals surface area contributed by atoms with E-state index in [1.807, 2.05) is 41.8 Å². The Kier molecular flexibility index (Phi) is 3.23. The van der Waals surface area contributed by atoms with Gasteiger partial charge in [0.05, 0.1) is 9.77 Å². The average molecular weight is 287 g/mol. The minimum atomic E-state index is -0.948. The molecule has 3 aromatic rings. The third-order valence-corrected chi connectivity index (χ3v) is 4.74. The number of hydrogen-bond acceptors (Lipinski definition) is 4. The number of carboxylic acid groups (broad SMARTS) is 1. The molecule has 3 rings (SSSR count). The Hall–Kier alpha value is -1.85. The Morgan fingerprint density at radius 3 is 2.63 bits per heavy atom. The maximum Gasteiger partial charge on any atom is 0.337 e.